The maximum atomic E-state index is 13.4. The van der Waals surface area contributed by atoms with Crippen molar-refractivity contribution in [3.63, 3.8) is 0 Å². The lowest BCUT2D eigenvalue weighted by atomic mass is 10.0. The summed E-state index contributed by atoms with van der Waals surface area (Å²) in [5.41, 5.74) is 2.05. The van der Waals surface area contributed by atoms with Crippen molar-refractivity contribution in [2.24, 2.45) is 0 Å². The monoisotopic (exact) mass is 529 g/mol. The summed E-state index contributed by atoms with van der Waals surface area (Å²) in [6, 6.07) is 21.4. The number of benzene rings is 3. The number of para-hydroxylation sites is 1. The van der Waals surface area contributed by atoms with Gasteiger partial charge in [0.2, 0.25) is 11.8 Å². The fourth-order valence-corrected chi connectivity index (χ4v) is 5.08. The number of aryl methyl sites for hydroxylation is 1. The molecule has 3 amide bonds. The molecule has 4 rings (SSSR count). The molecule has 1 heterocycles. The number of carbonyl (C=O) groups is 3. The van der Waals surface area contributed by atoms with E-state index in [2.05, 4.69) is 12.1 Å². The molecule has 0 spiro atoms. The van der Waals surface area contributed by atoms with Crippen LogP contribution < -0.4 is 4.74 Å². The smallest absolute Gasteiger partial charge is 0.260 e. The van der Waals surface area contributed by atoms with Crippen molar-refractivity contribution in [1.29, 1.82) is 0 Å². The van der Waals surface area contributed by atoms with Crippen molar-refractivity contribution in [2.75, 3.05) is 40.8 Å². The lowest BCUT2D eigenvalue weighted by Gasteiger charge is -2.31. The van der Waals surface area contributed by atoms with E-state index in [9.17, 15) is 14.4 Å². The Balaban J connectivity index is 1.37. The molecule has 3 aromatic rings. The minimum absolute atomic E-state index is 0.0279. The van der Waals surface area contributed by atoms with Gasteiger partial charge in [-0.2, -0.15) is 0 Å². The number of carbonyl (C=O) groups excluding carboxylic acids is 3. The highest BCUT2D eigenvalue weighted by molar-refractivity contribution is 5.88. The van der Waals surface area contributed by atoms with Crippen molar-refractivity contribution in [3.8, 4) is 5.75 Å². The van der Waals surface area contributed by atoms with E-state index < -0.39 is 6.04 Å². The van der Waals surface area contributed by atoms with Crippen LogP contribution in [-0.4, -0.2) is 79.3 Å². The summed E-state index contributed by atoms with van der Waals surface area (Å²) in [6.45, 7) is 1.02. The fraction of sp³-hybridized carbons (Fsp3) is 0.406. The van der Waals surface area contributed by atoms with Crippen molar-refractivity contribution < 1.29 is 19.1 Å². The molecule has 0 aromatic heterocycles. The van der Waals surface area contributed by atoms with Gasteiger partial charge in [-0.1, -0.05) is 60.7 Å². The van der Waals surface area contributed by atoms with Gasteiger partial charge in [0.1, 0.15) is 11.8 Å². The third kappa shape index (κ3) is 7.37. The number of rotatable bonds is 6. The van der Waals surface area contributed by atoms with Gasteiger partial charge < -0.3 is 19.4 Å². The summed E-state index contributed by atoms with van der Waals surface area (Å²) in [5.74, 6) is 0.436. The van der Waals surface area contributed by atoms with E-state index >= 15 is 0 Å². The second kappa shape index (κ2) is 13.3. The van der Waals surface area contributed by atoms with Crippen molar-refractivity contribution >= 4 is 28.5 Å². The Morgan fingerprint density at radius 1 is 0.974 bits per heavy atom. The van der Waals surface area contributed by atoms with E-state index in [-0.39, 0.29) is 24.3 Å². The van der Waals surface area contributed by atoms with Crippen molar-refractivity contribution in [3.05, 3.63) is 77.9 Å². The third-order valence-electron chi connectivity index (χ3n) is 7.60. The van der Waals surface area contributed by atoms with Crippen molar-refractivity contribution in [2.45, 2.75) is 44.6 Å². The predicted octanol–water partition coefficient (Wildman–Crippen LogP) is 4.32. The van der Waals surface area contributed by atoms with Crippen LogP contribution in [-0.2, 0) is 27.2 Å². The van der Waals surface area contributed by atoms with E-state index in [1.807, 2.05) is 54.6 Å². The van der Waals surface area contributed by atoms with Gasteiger partial charge in [0.25, 0.3) is 5.91 Å². The summed E-state index contributed by atoms with van der Waals surface area (Å²) < 4.78 is 5.88. The fourth-order valence-electron chi connectivity index (χ4n) is 5.08. The Morgan fingerprint density at radius 2 is 1.72 bits per heavy atom. The van der Waals surface area contributed by atoms with Gasteiger partial charge >= 0.3 is 0 Å². The van der Waals surface area contributed by atoms with E-state index in [0.29, 0.717) is 32.4 Å². The standard InChI is InChI=1S/C32H39N3O4/c1-33(30(36)22-24-17-18-25-11-4-5-14-27(25)21-24)20-10-15-28-32(38)34(2)19-9-8-13-26-12-6-7-16-29(26)39-23-31(37)35(28)3/h4-7,11-12,14,16-18,21,28H,8-10,13,15,19-20,22-23H2,1-3H3/t28-/m0/s1. The van der Waals surface area contributed by atoms with Crippen LogP contribution in [0.2, 0.25) is 0 Å². The molecule has 0 aliphatic carbocycles. The van der Waals surface area contributed by atoms with Crippen LogP contribution in [0.3, 0.4) is 0 Å². The molecule has 3 aromatic carbocycles. The van der Waals surface area contributed by atoms with Gasteiger partial charge in [-0.05, 0) is 60.1 Å². The van der Waals surface area contributed by atoms with Gasteiger partial charge in [0, 0.05) is 34.2 Å². The van der Waals surface area contributed by atoms with Crippen LogP contribution in [0, 0.1) is 0 Å². The van der Waals surface area contributed by atoms with Crippen LogP contribution in [0.25, 0.3) is 10.8 Å². The van der Waals surface area contributed by atoms with Gasteiger partial charge in [-0.15, -0.1) is 0 Å². The number of ether oxygens (including phenoxy) is 1. The summed E-state index contributed by atoms with van der Waals surface area (Å²) >= 11 is 0. The maximum Gasteiger partial charge on any atom is 0.260 e. The summed E-state index contributed by atoms with van der Waals surface area (Å²) in [4.78, 5) is 44.3. The lowest BCUT2D eigenvalue weighted by Crippen LogP contribution is -2.50. The summed E-state index contributed by atoms with van der Waals surface area (Å²) in [5, 5.41) is 2.27. The normalized spacial score (nSPS) is 17.1. The topological polar surface area (TPSA) is 70.2 Å². The molecule has 0 N–H and O–H groups in total. The van der Waals surface area contributed by atoms with Crippen LogP contribution in [0.15, 0.2) is 66.7 Å². The van der Waals surface area contributed by atoms with Crippen LogP contribution >= 0.6 is 0 Å². The average molecular weight is 530 g/mol. The zero-order valence-electron chi connectivity index (χ0n) is 23.3. The van der Waals surface area contributed by atoms with Gasteiger partial charge in [0.05, 0.1) is 6.42 Å². The zero-order chi connectivity index (χ0) is 27.8. The molecule has 0 saturated carbocycles. The Hall–Kier alpha value is -3.87. The molecule has 1 atom stereocenters. The Morgan fingerprint density at radius 3 is 2.54 bits per heavy atom. The van der Waals surface area contributed by atoms with Crippen molar-refractivity contribution in [1.82, 2.24) is 14.7 Å². The summed E-state index contributed by atoms with van der Waals surface area (Å²) in [6.07, 6.45) is 4.03. The molecule has 0 radical (unpaired) electrons. The molecule has 1 aliphatic rings. The minimum Gasteiger partial charge on any atom is -0.483 e. The predicted molar refractivity (Wildman–Crippen MR) is 154 cm³/mol. The lowest BCUT2D eigenvalue weighted by molar-refractivity contribution is -0.145. The van der Waals surface area contributed by atoms with Gasteiger partial charge in [-0.25, -0.2) is 0 Å². The highest BCUT2D eigenvalue weighted by Crippen LogP contribution is 2.22. The maximum absolute atomic E-state index is 13.4. The second-order valence-electron chi connectivity index (χ2n) is 10.4. The number of likely N-dealkylation sites (N-methyl/N-ethyl adjacent to an activating group) is 3. The molecule has 0 bridgehead atoms. The molecule has 0 unspecified atom stereocenters. The first kappa shape index (κ1) is 28.1. The minimum atomic E-state index is -0.605. The molecule has 39 heavy (non-hydrogen) atoms. The SMILES string of the molecule is CN(CCC[C@H]1C(=O)N(C)CCCCc2ccccc2OCC(=O)N1C)C(=O)Cc1ccc2ccccc2c1. The molecular weight excluding hydrogens is 490 g/mol. The molecule has 0 fully saturated rings. The summed E-state index contributed by atoms with van der Waals surface area (Å²) in [7, 11) is 5.27. The van der Waals surface area contributed by atoms with Crippen LogP contribution in [0.1, 0.15) is 36.8 Å². The Bertz CT molecular complexity index is 1310. The van der Waals surface area contributed by atoms with E-state index in [1.54, 1.807) is 30.9 Å². The number of hydrogen-bond acceptors (Lipinski definition) is 4. The van der Waals surface area contributed by atoms with Crippen LogP contribution in [0.4, 0.5) is 0 Å². The largest absolute Gasteiger partial charge is 0.483 e. The quantitative estimate of drug-likeness (QED) is 0.477. The van der Waals surface area contributed by atoms with E-state index in [4.69, 9.17) is 4.74 Å². The van der Waals surface area contributed by atoms with Gasteiger partial charge in [0.15, 0.2) is 6.61 Å². The number of fused-ring (bicyclic) bond motifs is 2. The number of amides is 3. The molecule has 1 aliphatic heterocycles. The van der Waals surface area contributed by atoms with E-state index in [0.717, 1.165) is 46.9 Å². The zero-order valence-corrected chi connectivity index (χ0v) is 23.3. The molecular formula is C32H39N3O4. The Kier molecular flexibility index (Phi) is 9.58. The first-order valence-corrected chi connectivity index (χ1v) is 13.8. The first-order valence-electron chi connectivity index (χ1n) is 13.8. The number of hydrogen-bond donors (Lipinski definition) is 0. The molecule has 206 valence electrons. The first-order chi connectivity index (χ1) is 18.8. The average Bonchev–Trinajstić information content (AvgIpc) is 2.95. The third-order valence-corrected chi connectivity index (χ3v) is 7.60. The van der Waals surface area contributed by atoms with E-state index in [1.165, 1.54) is 4.90 Å². The molecule has 0 saturated heterocycles. The number of nitrogens with zero attached hydrogens (tertiary/aromatic N) is 3. The highest BCUT2D eigenvalue weighted by Gasteiger charge is 2.29. The van der Waals surface area contributed by atoms with Gasteiger partial charge in [-0.3, -0.25) is 14.4 Å². The van der Waals surface area contributed by atoms with Crippen LogP contribution in [0.5, 0.6) is 5.75 Å². The molecule has 7 nitrogen and oxygen atoms in total. The highest BCUT2D eigenvalue weighted by atomic mass is 16.5. The Labute approximate surface area is 231 Å². The second-order valence-corrected chi connectivity index (χ2v) is 10.4. The molecule has 7 heteroatoms.